The molecule has 10 heteroatoms. The van der Waals surface area contributed by atoms with Crippen molar-refractivity contribution in [1.82, 2.24) is 5.32 Å². The van der Waals surface area contributed by atoms with Gasteiger partial charge in [-0.3, -0.25) is 18.6 Å². The molecule has 0 saturated heterocycles. The number of quaternary nitrogens is 1. The van der Waals surface area contributed by atoms with Crippen LogP contribution in [0.1, 0.15) is 303 Å². The predicted octanol–water partition coefficient (Wildman–Crippen LogP) is 20.2. The van der Waals surface area contributed by atoms with Crippen LogP contribution in [-0.4, -0.2) is 74.3 Å². The molecule has 0 heterocycles. The molecule has 1 amide bonds. The predicted molar refractivity (Wildman–Crippen MR) is 332 cm³/mol. The number of hydrogen-bond donors (Lipinski definition) is 2. The maximum atomic E-state index is 13.5. The first-order valence-electron chi connectivity index (χ1n) is 32.6. The van der Waals surface area contributed by atoms with Gasteiger partial charge in [0.15, 0.2) is 0 Å². The molecule has 0 aliphatic carbocycles. The van der Waals surface area contributed by atoms with Crippen molar-refractivity contribution in [3.63, 3.8) is 0 Å². The normalized spacial score (nSPS) is 14.0. The zero-order valence-corrected chi connectivity index (χ0v) is 52.3. The van der Waals surface area contributed by atoms with Gasteiger partial charge in [-0.25, -0.2) is 4.57 Å². The van der Waals surface area contributed by atoms with Gasteiger partial charge >= 0.3 is 13.8 Å². The van der Waals surface area contributed by atoms with Crippen LogP contribution in [0, 0.1) is 0 Å². The minimum absolute atomic E-state index is 0.0353. The molecule has 3 unspecified atom stereocenters. The van der Waals surface area contributed by atoms with Gasteiger partial charge in [0.1, 0.15) is 19.3 Å². The number of amides is 1. The van der Waals surface area contributed by atoms with Crippen molar-refractivity contribution in [2.24, 2.45) is 0 Å². The van der Waals surface area contributed by atoms with E-state index < -0.39 is 20.0 Å². The average Bonchev–Trinajstić information content (AvgIpc) is 3.39. The zero-order valence-electron chi connectivity index (χ0n) is 51.5. The van der Waals surface area contributed by atoms with Crippen molar-refractivity contribution in [2.75, 3.05) is 40.9 Å². The molecule has 0 spiro atoms. The number of carbonyl (C=O) groups excluding carboxylic acids is 2. The average molecular weight is 1100 g/mol. The highest BCUT2D eigenvalue weighted by Crippen LogP contribution is 2.43. The molecule has 0 saturated carbocycles. The number of hydrogen-bond acceptors (Lipinski definition) is 6. The molecule has 0 aromatic rings. The van der Waals surface area contributed by atoms with Gasteiger partial charge in [0.2, 0.25) is 5.91 Å². The molecule has 0 bridgehead atoms. The Bertz CT molecular complexity index is 1500. The van der Waals surface area contributed by atoms with Crippen LogP contribution in [0.2, 0.25) is 0 Å². The number of phosphoric acid groups is 1. The van der Waals surface area contributed by atoms with Gasteiger partial charge in [0.25, 0.3) is 0 Å². The van der Waals surface area contributed by atoms with Gasteiger partial charge in [0.05, 0.1) is 33.8 Å². The van der Waals surface area contributed by atoms with E-state index in [-0.39, 0.29) is 31.5 Å². The third kappa shape index (κ3) is 58.2. The SMILES string of the molecule is CC/C=C/C/C=C/C/C=C/CCCCCCC(=O)NC(COP(=O)(O)OCC[N+](C)(C)C)C(/C=C\CCCCCCCCCCCC)OC(=O)CCCCCCCCCCCCCCCCC/C=C/CCCCCCCC. The number of rotatable bonds is 59. The van der Waals surface area contributed by atoms with Gasteiger partial charge in [-0.2, -0.15) is 0 Å². The van der Waals surface area contributed by atoms with Gasteiger partial charge in [-0.15, -0.1) is 0 Å². The second-order valence-electron chi connectivity index (χ2n) is 23.3. The Labute approximate surface area is 477 Å². The van der Waals surface area contributed by atoms with Crippen LogP contribution >= 0.6 is 7.82 Å². The third-order valence-electron chi connectivity index (χ3n) is 14.4. The molecule has 0 rings (SSSR count). The Morgan fingerprint density at radius 2 is 0.831 bits per heavy atom. The summed E-state index contributed by atoms with van der Waals surface area (Å²) in [6.45, 7) is 6.90. The fourth-order valence-corrected chi connectivity index (χ4v) is 10.2. The van der Waals surface area contributed by atoms with E-state index in [1.807, 2.05) is 33.3 Å². The van der Waals surface area contributed by atoms with E-state index in [1.54, 1.807) is 0 Å². The molecule has 0 aromatic carbocycles. The molecule has 0 aromatic heterocycles. The fourth-order valence-electron chi connectivity index (χ4n) is 9.42. The van der Waals surface area contributed by atoms with E-state index in [0.29, 0.717) is 17.4 Å². The lowest BCUT2D eigenvalue weighted by Gasteiger charge is -2.27. The smallest absolute Gasteiger partial charge is 0.456 e. The van der Waals surface area contributed by atoms with E-state index >= 15 is 0 Å². The number of carbonyl (C=O) groups is 2. The Kier molecular flexibility index (Phi) is 55.3. The Morgan fingerprint density at radius 1 is 0.468 bits per heavy atom. The van der Waals surface area contributed by atoms with Crippen LogP contribution in [0.3, 0.4) is 0 Å². The summed E-state index contributed by atoms with van der Waals surface area (Å²) >= 11 is 0. The van der Waals surface area contributed by atoms with Gasteiger partial charge in [0, 0.05) is 12.8 Å². The van der Waals surface area contributed by atoms with E-state index in [1.165, 1.54) is 180 Å². The van der Waals surface area contributed by atoms with Gasteiger partial charge in [-0.05, 0) is 89.5 Å². The summed E-state index contributed by atoms with van der Waals surface area (Å²) in [5.41, 5.74) is 0. The van der Waals surface area contributed by atoms with Crippen molar-refractivity contribution >= 4 is 19.7 Å². The monoisotopic (exact) mass is 1100 g/mol. The molecule has 2 N–H and O–H groups in total. The van der Waals surface area contributed by atoms with Crippen LogP contribution in [0.15, 0.2) is 60.8 Å². The number of phosphoric ester groups is 1. The number of nitrogens with one attached hydrogen (secondary N) is 1. The van der Waals surface area contributed by atoms with Crippen LogP contribution in [-0.2, 0) is 27.9 Å². The topological polar surface area (TPSA) is 111 Å². The Morgan fingerprint density at radius 3 is 1.26 bits per heavy atom. The maximum absolute atomic E-state index is 13.5. The minimum Gasteiger partial charge on any atom is -0.456 e. The standard InChI is InChI=1S/C67H125N2O7P/c1-7-10-13-16-19-22-25-28-30-31-32-33-34-35-36-37-38-39-40-42-45-48-51-54-57-60-67(71)76-65(58-55-52-49-46-43-27-24-21-18-15-12-9-3)64(63-75-77(72,73)74-62-61-69(4,5)6)68-66(70)59-56-53-50-47-44-41-29-26-23-20-17-14-11-8-2/h11,14,20,23,28-30,41,55,58,64-65H,7-10,12-13,15-19,21-22,24-27,31-40,42-54,56-57,59-63H2,1-6H3,(H-,68,70,72,73)/p+1/b14-11+,23-20+,30-28+,41-29+,58-55-. The van der Waals surface area contributed by atoms with Crippen molar-refractivity contribution in [2.45, 2.75) is 315 Å². The van der Waals surface area contributed by atoms with Crippen LogP contribution < -0.4 is 5.32 Å². The van der Waals surface area contributed by atoms with Gasteiger partial charge in [-0.1, -0.05) is 262 Å². The Hall–Kier alpha value is -2.29. The summed E-state index contributed by atoms with van der Waals surface area (Å²) in [5.74, 6) is -0.523. The lowest BCUT2D eigenvalue weighted by molar-refractivity contribution is -0.870. The van der Waals surface area contributed by atoms with Crippen LogP contribution in [0.25, 0.3) is 0 Å². The van der Waals surface area contributed by atoms with Crippen molar-refractivity contribution < 1.29 is 37.3 Å². The summed E-state index contributed by atoms with van der Waals surface area (Å²) in [7, 11) is 1.48. The van der Waals surface area contributed by atoms with E-state index in [0.717, 1.165) is 89.9 Å². The highest BCUT2D eigenvalue weighted by molar-refractivity contribution is 7.47. The molecule has 3 atom stereocenters. The third-order valence-corrected chi connectivity index (χ3v) is 15.4. The minimum atomic E-state index is -4.45. The molecule has 9 nitrogen and oxygen atoms in total. The second-order valence-corrected chi connectivity index (χ2v) is 24.7. The molecular formula is C67H126N2O7P+. The largest absolute Gasteiger partial charge is 0.472 e. The second kappa shape index (κ2) is 57.0. The molecule has 450 valence electrons. The number of allylic oxidation sites excluding steroid dienone is 9. The molecular weight excluding hydrogens is 976 g/mol. The molecule has 0 aliphatic heterocycles. The molecule has 0 radical (unpaired) electrons. The summed E-state index contributed by atoms with van der Waals surface area (Å²) < 4.78 is 30.7. The van der Waals surface area contributed by atoms with Gasteiger partial charge < -0.3 is 19.4 Å². The number of esters is 1. The van der Waals surface area contributed by atoms with Crippen LogP contribution in [0.4, 0.5) is 0 Å². The number of likely N-dealkylation sites (N-methyl/N-ethyl adjacent to an activating group) is 1. The van der Waals surface area contributed by atoms with Crippen LogP contribution in [0.5, 0.6) is 0 Å². The lowest BCUT2D eigenvalue weighted by atomic mass is 10.0. The summed E-state index contributed by atoms with van der Waals surface area (Å²) in [6, 6.07) is -0.860. The maximum Gasteiger partial charge on any atom is 0.472 e. The first-order chi connectivity index (χ1) is 37.4. The summed E-state index contributed by atoms with van der Waals surface area (Å²) in [6.07, 6.45) is 72.4. The zero-order chi connectivity index (χ0) is 56.4. The summed E-state index contributed by atoms with van der Waals surface area (Å²) in [5, 5.41) is 3.04. The van der Waals surface area contributed by atoms with E-state index in [9.17, 15) is 19.0 Å². The highest BCUT2D eigenvalue weighted by Gasteiger charge is 2.30. The van der Waals surface area contributed by atoms with E-state index in [4.69, 9.17) is 13.8 Å². The van der Waals surface area contributed by atoms with E-state index in [2.05, 4.69) is 74.7 Å². The highest BCUT2D eigenvalue weighted by atomic mass is 31.2. The quantitative estimate of drug-likeness (QED) is 0.0205. The number of unbranched alkanes of at least 4 members (excludes halogenated alkanes) is 35. The number of ether oxygens (including phenoxy) is 1. The first-order valence-corrected chi connectivity index (χ1v) is 34.1. The molecule has 77 heavy (non-hydrogen) atoms. The first kappa shape index (κ1) is 74.7. The summed E-state index contributed by atoms with van der Waals surface area (Å²) in [4.78, 5) is 37.7. The van der Waals surface area contributed by atoms with Crippen molar-refractivity contribution in [3.05, 3.63) is 60.8 Å². The van der Waals surface area contributed by atoms with Crippen molar-refractivity contribution in [3.8, 4) is 0 Å². The van der Waals surface area contributed by atoms with Crippen molar-refractivity contribution in [1.29, 1.82) is 0 Å². The molecule has 0 aliphatic rings. The number of nitrogens with zero attached hydrogens (tertiary/aromatic N) is 1. The Balaban J connectivity index is 5.08. The molecule has 0 fully saturated rings. The lowest BCUT2D eigenvalue weighted by Crippen LogP contribution is -2.47. The fraction of sp³-hybridized carbons (Fsp3) is 0.821.